The molecule has 1 atom stereocenters. The second-order valence-electron chi connectivity index (χ2n) is 3.18. The lowest BCUT2D eigenvalue weighted by Gasteiger charge is -2.09. The fourth-order valence-electron chi connectivity index (χ4n) is 1.21. The van der Waals surface area contributed by atoms with Crippen LogP contribution in [0.25, 0.3) is 0 Å². The van der Waals surface area contributed by atoms with Crippen molar-refractivity contribution in [3.8, 4) is 0 Å². The van der Waals surface area contributed by atoms with Gasteiger partial charge < -0.3 is 10.1 Å². The SMILES string of the molecule is CCCCOC(=O)[C@H]1CCC(=O)N1. The van der Waals surface area contributed by atoms with Crippen LogP contribution in [0.5, 0.6) is 0 Å². The largest absolute Gasteiger partial charge is 0.464 e. The normalized spacial score (nSPS) is 21.3. The quantitative estimate of drug-likeness (QED) is 0.515. The van der Waals surface area contributed by atoms with Crippen LogP contribution < -0.4 is 5.32 Å². The fourth-order valence-corrected chi connectivity index (χ4v) is 1.21. The van der Waals surface area contributed by atoms with Gasteiger partial charge in [0.15, 0.2) is 0 Å². The van der Waals surface area contributed by atoms with Crippen LogP contribution in [0.2, 0.25) is 0 Å². The van der Waals surface area contributed by atoms with Crippen LogP contribution in [0, 0.1) is 0 Å². The Balaban J connectivity index is 2.20. The summed E-state index contributed by atoms with van der Waals surface area (Å²) >= 11 is 0. The molecule has 1 N–H and O–H groups in total. The Kier molecular flexibility index (Phi) is 3.73. The van der Waals surface area contributed by atoms with Gasteiger partial charge in [-0.05, 0) is 12.8 Å². The molecule has 1 saturated heterocycles. The minimum Gasteiger partial charge on any atom is -0.464 e. The number of nitrogens with one attached hydrogen (secondary N) is 1. The molecule has 1 aliphatic heterocycles. The Morgan fingerprint density at radius 3 is 3.00 bits per heavy atom. The third kappa shape index (κ3) is 3.05. The van der Waals surface area contributed by atoms with E-state index in [1.54, 1.807) is 0 Å². The summed E-state index contributed by atoms with van der Waals surface area (Å²) in [5.74, 6) is -0.350. The number of ether oxygens (including phenoxy) is 1. The minimum atomic E-state index is -0.399. The van der Waals surface area contributed by atoms with E-state index in [0.29, 0.717) is 19.4 Å². The highest BCUT2D eigenvalue weighted by Crippen LogP contribution is 2.08. The van der Waals surface area contributed by atoms with Crippen LogP contribution in [-0.4, -0.2) is 24.5 Å². The molecular formula is C9H15NO3. The van der Waals surface area contributed by atoms with Gasteiger partial charge in [0.1, 0.15) is 6.04 Å². The summed E-state index contributed by atoms with van der Waals surface area (Å²) in [6.07, 6.45) is 2.90. The molecule has 74 valence electrons. The number of rotatable bonds is 4. The van der Waals surface area contributed by atoms with E-state index in [0.717, 1.165) is 12.8 Å². The second-order valence-corrected chi connectivity index (χ2v) is 3.18. The molecule has 1 heterocycles. The van der Waals surface area contributed by atoms with Crippen molar-refractivity contribution in [3.05, 3.63) is 0 Å². The van der Waals surface area contributed by atoms with Gasteiger partial charge in [-0.25, -0.2) is 4.79 Å². The number of unbranched alkanes of at least 4 members (excludes halogenated alkanes) is 1. The van der Waals surface area contributed by atoms with Crippen LogP contribution in [0.1, 0.15) is 32.6 Å². The van der Waals surface area contributed by atoms with E-state index in [4.69, 9.17) is 4.74 Å². The molecule has 4 nitrogen and oxygen atoms in total. The summed E-state index contributed by atoms with van der Waals surface area (Å²) < 4.78 is 4.96. The summed E-state index contributed by atoms with van der Waals surface area (Å²) in [6.45, 7) is 2.49. The average Bonchev–Trinajstić information content (AvgIpc) is 2.52. The predicted molar refractivity (Wildman–Crippen MR) is 47.0 cm³/mol. The van der Waals surface area contributed by atoms with Gasteiger partial charge in [-0.2, -0.15) is 0 Å². The van der Waals surface area contributed by atoms with Crippen LogP contribution in [0.4, 0.5) is 0 Å². The molecule has 0 aromatic carbocycles. The van der Waals surface area contributed by atoms with E-state index < -0.39 is 6.04 Å². The Morgan fingerprint density at radius 1 is 1.69 bits per heavy atom. The number of carbonyl (C=O) groups excluding carboxylic acids is 2. The molecule has 1 rings (SSSR count). The maximum atomic E-state index is 11.2. The first-order valence-electron chi connectivity index (χ1n) is 4.70. The Bertz CT molecular complexity index is 203. The molecule has 0 aromatic rings. The molecule has 13 heavy (non-hydrogen) atoms. The zero-order valence-electron chi connectivity index (χ0n) is 7.84. The van der Waals surface area contributed by atoms with E-state index in [1.807, 2.05) is 6.92 Å². The van der Waals surface area contributed by atoms with Crippen molar-refractivity contribution in [1.82, 2.24) is 5.32 Å². The summed E-state index contributed by atoms with van der Waals surface area (Å²) in [5, 5.41) is 2.57. The highest BCUT2D eigenvalue weighted by Gasteiger charge is 2.28. The zero-order chi connectivity index (χ0) is 9.68. The zero-order valence-corrected chi connectivity index (χ0v) is 7.84. The first kappa shape index (κ1) is 10.0. The molecule has 0 bridgehead atoms. The van der Waals surface area contributed by atoms with Crippen molar-refractivity contribution < 1.29 is 14.3 Å². The van der Waals surface area contributed by atoms with Crippen molar-refractivity contribution in [3.63, 3.8) is 0 Å². The van der Waals surface area contributed by atoms with E-state index in [2.05, 4.69) is 5.32 Å². The van der Waals surface area contributed by atoms with Crippen molar-refractivity contribution >= 4 is 11.9 Å². The minimum absolute atomic E-state index is 0.0579. The Hall–Kier alpha value is -1.06. The van der Waals surface area contributed by atoms with Crippen LogP contribution in [0.3, 0.4) is 0 Å². The maximum Gasteiger partial charge on any atom is 0.328 e. The van der Waals surface area contributed by atoms with Crippen molar-refractivity contribution in [1.29, 1.82) is 0 Å². The summed E-state index contributed by atoms with van der Waals surface area (Å²) in [4.78, 5) is 22.0. The van der Waals surface area contributed by atoms with Gasteiger partial charge in [-0.1, -0.05) is 13.3 Å². The van der Waals surface area contributed by atoms with Crippen LogP contribution in [0.15, 0.2) is 0 Å². The average molecular weight is 185 g/mol. The van der Waals surface area contributed by atoms with E-state index in [9.17, 15) is 9.59 Å². The van der Waals surface area contributed by atoms with Crippen molar-refractivity contribution in [2.75, 3.05) is 6.61 Å². The number of hydrogen-bond donors (Lipinski definition) is 1. The lowest BCUT2D eigenvalue weighted by Crippen LogP contribution is -2.34. The second kappa shape index (κ2) is 4.84. The molecule has 0 aliphatic carbocycles. The third-order valence-electron chi connectivity index (χ3n) is 2.02. The molecule has 4 heteroatoms. The first-order valence-corrected chi connectivity index (χ1v) is 4.70. The molecular weight excluding hydrogens is 170 g/mol. The summed E-state index contributed by atoms with van der Waals surface area (Å²) in [7, 11) is 0. The van der Waals surface area contributed by atoms with Gasteiger partial charge >= 0.3 is 5.97 Å². The first-order chi connectivity index (χ1) is 6.24. The highest BCUT2D eigenvalue weighted by atomic mass is 16.5. The van der Waals surface area contributed by atoms with Gasteiger partial charge in [-0.15, -0.1) is 0 Å². The van der Waals surface area contributed by atoms with Crippen LogP contribution >= 0.6 is 0 Å². The topological polar surface area (TPSA) is 55.4 Å². The molecule has 1 aliphatic rings. The number of carbonyl (C=O) groups is 2. The Labute approximate surface area is 77.6 Å². The lowest BCUT2D eigenvalue weighted by molar-refractivity contribution is -0.146. The number of esters is 1. The summed E-state index contributed by atoms with van der Waals surface area (Å²) in [5.41, 5.74) is 0. The number of hydrogen-bond acceptors (Lipinski definition) is 3. The molecule has 1 fully saturated rings. The maximum absolute atomic E-state index is 11.2. The molecule has 0 saturated carbocycles. The molecule has 0 aromatic heterocycles. The number of amides is 1. The predicted octanol–water partition coefficient (Wildman–Crippen LogP) is 0.608. The van der Waals surface area contributed by atoms with Gasteiger partial charge in [0.05, 0.1) is 6.61 Å². The standard InChI is InChI=1S/C9H15NO3/c1-2-3-6-13-9(12)7-4-5-8(11)10-7/h7H,2-6H2,1H3,(H,10,11)/t7-/m1/s1. The lowest BCUT2D eigenvalue weighted by atomic mass is 10.2. The Morgan fingerprint density at radius 2 is 2.46 bits per heavy atom. The summed E-state index contributed by atoms with van der Waals surface area (Å²) in [6, 6.07) is -0.399. The van der Waals surface area contributed by atoms with Gasteiger partial charge in [-0.3, -0.25) is 4.79 Å². The molecule has 0 radical (unpaired) electrons. The fraction of sp³-hybridized carbons (Fsp3) is 0.778. The highest BCUT2D eigenvalue weighted by molar-refractivity contribution is 5.87. The van der Waals surface area contributed by atoms with E-state index in [-0.39, 0.29) is 11.9 Å². The van der Waals surface area contributed by atoms with E-state index in [1.165, 1.54) is 0 Å². The van der Waals surface area contributed by atoms with Crippen molar-refractivity contribution in [2.24, 2.45) is 0 Å². The smallest absolute Gasteiger partial charge is 0.328 e. The van der Waals surface area contributed by atoms with Gasteiger partial charge in [0, 0.05) is 6.42 Å². The van der Waals surface area contributed by atoms with Crippen molar-refractivity contribution in [2.45, 2.75) is 38.6 Å². The third-order valence-corrected chi connectivity index (χ3v) is 2.02. The molecule has 0 unspecified atom stereocenters. The van der Waals surface area contributed by atoms with Crippen LogP contribution in [-0.2, 0) is 14.3 Å². The van der Waals surface area contributed by atoms with Gasteiger partial charge in [0.2, 0.25) is 5.91 Å². The van der Waals surface area contributed by atoms with Gasteiger partial charge in [0.25, 0.3) is 0 Å². The molecule has 0 spiro atoms. The molecule has 1 amide bonds. The monoisotopic (exact) mass is 185 g/mol. The van der Waals surface area contributed by atoms with E-state index >= 15 is 0 Å².